The van der Waals surface area contributed by atoms with Crippen molar-refractivity contribution in [3.63, 3.8) is 0 Å². The van der Waals surface area contributed by atoms with Crippen molar-refractivity contribution in [1.82, 2.24) is 4.98 Å². The van der Waals surface area contributed by atoms with Gasteiger partial charge in [-0.1, -0.05) is 6.07 Å². The van der Waals surface area contributed by atoms with E-state index in [-0.39, 0.29) is 12.2 Å². The Morgan fingerprint density at radius 1 is 1.27 bits per heavy atom. The molecule has 2 heterocycles. The average Bonchev–Trinajstić information content (AvgIpc) is 2.17. The van der Waals surface area contributed by atoms with E-state index < -0.39 is 0 Å². The lowest BCUT2D eigenvalue weighted by Gasteiger charge is -2.36. The molecule has 0 aliphatic carbocycles. The second-order valence-electron chi connectivity index (χ2n) is 4.36. The maximum absolute atomic E-state index is 5.69. The third-order valence-electron chi connectivity index (χ3n) is 2.64. The van der Waals surface area contributed by atoms with Crippen LogP contribution in [-0.4, -0.2) is 30.3 Å². The minimum atomic E-state index is 0.289. The Morgan fingerprint density at radius 3 is 2.47 bits per heavy atom. The van der Waals surface area contributed by atoms with Crippen molar-refractivity contribution in [1.29, 1.82) is 0 Å². The van der Waals surface area contributed by atoms with Crippen LogP contribution in [0.4, 0.5) is 5.82 Å². The van der Waals surface area contributed by atoms with Gasteiger partial charge in [-0.05, 0) is 32.4 Å². The highest BCUT2D eigenvalue weighted by molar-refractivity contribution is 5.39. The molecule has 1 unspecified atom stereocenters. The van der Waals surface area contributed by atoms with E-state index in [1.54, 1.807) is 0 Å². The molecule has 0 radical (unpaired) electrons. The van der Waals surface area contributed by atoms with E-state index in [1.807, 2.05) is 6.20 Å². The van der Waals surface area contributed by atoms with E-state index in [4.69, 9.17) is 4.74 Å². The van der Waals surface area contributed by atoms with Gasteiger partial charge in [0.2, 0.25) is 0 Å². The lowest BCUT2D eigenvalue weighted by Crippen LogP contribution is -2.45. The maximum atomic E-state index is 5.69. The number of ether oxygens (including phenoxy) is 1. The lowest BCUT2D eigenvalue weighted by molar-refractivity contribution is -0.00545. The van der Waals surface area contributed by atoms with Gasteiger partial charge < -0.3 is 9.64 Å². The molecule has 2 rings (SSSR count). The van der Waals surface area contributed by atoms with E-state index in [0.717, 1.165) is 18.9 Å². The first-order valence-electron chi connectivity index (χ1n) is 5.48. The third-order valence-corrected chi connectivity index (χ3v) is 2.64. The molecular weight excluding hydrogens is 188 g/mol. The van der Waals surface area contributed by atoms with Crippen LogP contribution in [0, 0.1) is 6.92 Å². The summed E-state index contributed by atoms with van der Waals surface area (Å²) in [4.78, 5) is 6.73. The number of morpholine rings is 1. The lowest BCUT2D eigenvalue weighted by atomic mass is 10.2. The zero-order chi connectivity index (χ0) is 10.8. The predicted molar refractivity (Wildman–Crippen MR) is 61.2 cm³/mol. The summed E-state index contributed by atoms with van der Waals surface area (Å²) in [5, 5.41) is 0. The molecule has 0 spiro atoms. The van der Waals surface area contributed by atoms with E-state index in [1.165, 1.54) is 5.56 Å². The first-order chi connectivity index (χ1) is 7.15. The highest BCUT2D eigenvalue weighted by Crippen LogP contribution is 2.17. The molecule has 15 heavy (non-hydrogen) atoms. The Kier molecular flexibility index (Phi) is 2.91. The van der Waals surface area contributed by atoms with Gasteiger partial charge in [0.1, 0.15) is 5.82 Å². The van der Waals surface area contributed by atoms with Gasteiger partial charge >= 0.3 is 0 Å². The van der Waals surface area contributed by atoms with E-state index >= 15 is 0 Å². The fraction of sp³-hybridized carbons (Fsp3) is 0.583. The summed E-state index contributed by atoms with van der Waals surface area (Å²) in [6.07, 6.45) is 2.49. The average molecular weight is 206 g/mol. The minimum Gasteiger partial charge on any atom is -0.372 e. The van der Waals surface area contributed by atoms with Crippen LogP contribution in [0.1, 0.15) is 19.4 Å². The molecule has 2 atom stereocenters. The number of hydrogen-bond acceptors (Lipinski definition) is 3. The standard InChI is InChI=1S/C12H18N2O/c1-9-4-5-12(13-6-9)14-7-10(2)15-11(3)8-14/h4-6,10-11H,7-8H2,1-3H3/t10-,11?/m1/s1. The van der Waals surface area contributed by atoms with Gasteiger partial charge in [-0.3, -0.25) is 0 Å². The first-order valence-corrected chi connectivity index (χ1v) is 5.48. The monoisotopic (exact) mass is 206 g/mol. The number of pyridine rings is 1. The number of aryl methyl sites for hydroxylation is 1. The highest BCUT2D eigenvalue weighted by atomic mass is 16.5. The summed E-state index contributed by atoms with van der Waals surface area (Å²) in [6, 6.07) is 4.19. The molecular formula is C12H18N2O. The molecule has 0 amide bonds. The Balaban J connectivity index is 2.12. The molecule has 1 saturated heterocycles. The van der Waals surface area contributed by atoms with Gasteiger partial charge in [-0.25, -0.2) is 4.98 Å². The Labute approximate surface area is 91.1 Å². The van der Waals surface area contributed by atoms with Crippen molar-refractivity contribution in [3.05, 3.63) is 23.9 Å². The van der Waals surface area contributed by atoms with Crippen LogP contribution in [0.3, 0.4) is 0 Å². The molecule has 1 aliphatic heterocycles. The van der Waals surface area contributed by atoms with Gasteiger partial charge in [0.15, 0.2) is 0 Å². The van der Waals surface area contributed by atoms with Crippen LogP contribution in [0.5, 0.6) is 0 Å². The smallest absolute Gasteiger partial charge is 0.128 e. The number of rotatable bonds is 1. The van der Waals surface area contributed by atoms with Crippen molar-refractivity contribution < 1.29 is 4.74 Å². The summed E-state index contributed by atoms with van der Waals surface area (Å²) in [5.41, 5.74) is 1.20. The summed E-state index contributed by atoms with van der Waals surface area (Å²) in [5.74, 6) is 1.06. The number of nitrogens with zero attached hydrogens (tertiary/aromatic N) is 2. The largest absolute Gasteiger partial charge is 0.372 e. The van der Waals surface area contributed by atoms with Crippen LogP contribution in [0.2, 0.25) is 0 Å². The maximum Gasteiger partial charge on any atom is 0.128 e. The van der Waals surface area contributed by atoms with Crippen LogP contribution in [0.25, 0.3) is 0 Å². The highest BCUT2D eigenvalue weighted by Gasteiger charge is 2.22. The van der Waals surface area contributed by atoms with Crippen molar-refractivity contribution >= 4 is 5.82 Å². The number of aromatic nitrogens is 1. The predicted octanol–water partition coefficient (Wildman–Crippen LogP) is 2.00. The van der Waals surface area contributed by atoms with Gasteiger partial charge in [0.05, 0.1) is 12.2 Å². The Hall–Kier alpha value is -1.09. The molecule has 82 valence electrons. The van der Waals surface area contributed by atoms with Gasteiger partial charge in [-0.2, -0.15) is 0 Å². The molecule has 0 aromatic carbocycles. The minimum absolute atomic E-state index is 0.289. The van der Waals surface area contributed by atoms with Crippen molar-refractivity contribution in [2.24, 2.45) is 0 Å². The van der Waals surface area contributed by atoms with Crippen molar-refractivity contribution in [2.75, 3.05) is 18.0 Å². The van der Waals surface area contributed by atoms with Crippen LogP contribution in [0.15, 0.2) is 18.3 Å². The molecule has 1 fully saturated rings. The molecule has 0 N–H and O–H groups in total. The number of anilines is 1. The molecule has 1 aromatic heterocycles. The van der Waals surface area contributed by atoms with Crippen molar-refractivity contribution in [3.8, 4) is 0 Å². The van der Waals surface area contributed by atoms with Crippen LogP contribution in [-0.2, 0) is 4.74 Å². The van der Waals surface area contributed by atoms with E-state index in [2.05, 4.69) is 42.8 Å². The second kappa shape index (κ2) is 4.19. The molecule has 0 bridgehead atoms. The summed E-state index contributed by atoms with van der Waals surface area (Å²) < 4.78 is 5.69. The second-order valence-corrected chi connectivity index (χ2v) is 4.36. The topological polar surface area (TPSA) is 25.4 Å². The van der Waals surface area contributed by atoms with Crippen LogP contribution >= 0.6 is 0 Å². The van der Waals surface area contributed by atoms with Gasteiger partial charge in [-0.15, -0.1) is 0 Å². The fourth-order valence-corrected chi connectivity index (χ4v) is 2.01. The zero-order valence-corrected chi connectivity index (χ0v) is 9.60. The molecule has 3 heteroatoms. The molecule has 1 aliphatic rings. The number of hydrogen-bond donors (Lipinski definition) is 0. The van der Waals surface area contributed by atoms with E-state index in [0.29, 0.717) is 0 Å². The van der Waals surface area contributed by atoms with Gasteiger partial charge in [0.25, 0.3) is 0 Å². The summed E-state index contributed by atoms with van der Waals surface area (Å²) in [7, 11) is 0. The molecule has 1 aromatic rings. The zero-order valence-electron chi connectivity index (χ0n) is 9.60. The quantitative estimate of drug-likeness (QED) is 0.702. The Morgan fingerprint density at radius 2 is 1.93 bits per heavy atom. The van der Waals surface area contributed by atoms with E-state index in [9.17, 15) is 0 Å². The van der Waals surface area contributed by atoms with Gasteiger partial charge in [0, 0.05) is 19.3 Å². The normalized spacial score (nSPS) is 26.7. The SMILES string of the molecule is Cc1ccc(N2CC(C)O[C@H](C)C2)nc1. The molecule has 3 nitrogen and oxygen atoms in total. The van der Waals surface area contributed by atoms with Crippen LogP contribution < -0.4 is 4.90 Å². The Bertz CT molecular complexity index is 313. The molecule has 0 saturated carbocycles. The summed E-state index contributed by atoms with van der Waals surface area (Å²) >= 11 is 0. The fourth-order valence-electron chi connectivity index (χ4n) is 2.01. The third kappa shape index (κ3) is 2.48. The summed E-state index contributed by atoms with van der Waals surface area (Å²) in [6.45, 7) is 8.13. The van der Waals surface area contributed by atoms with Crippen molar-refractivity contribution in [2.45, 2.75) is 33.0 Å². The first kappa shape index (κ1) is 10.4.